The van der Waals surface area contributed by atoms with Crippen LogP contribution in [0.2, 0.25) is 0 Å². The maximum Gasteiger partial charge on any atom is 0.193 e. The topological polar surface area (TPSA) is 66.3 Å². The fourth-order valence-electron chi connectivity index (χ4n) is 2.63. The van der Waals surface area contributed by atoms with E-state index in [0.717, 1.165) is 56.4 Å². The van der Waals surface area contributed by atoms with E-state index < -0.39 is 0 Å². The smallest absolute Gasteiger partial charge is 0.193 e. The molecule has 0 aromatic heterocycles. The molecule has 0 aliphatic carbocycles. The maximum absolute atomic E-state index is 9.62. The molecule has 7 heteroatoms. The molecule has 25 heavy (non-hydrogen) atoms. The molecule has 2 rings (SSSR count). The summed E-state index contributed by atoms with van der Waals surface area (Å²) >= 11 is 0. The van der Waals surface area contributed by atoms with Crippen molar-refractivity contribution in [3.05, 3.63) is 24.3 Å². The molecule has 0 atom stereocenters. The lowest BCUT2D eigenvalue weighted by Gasteiger charge is -2.32. The monoisotopic (exact) mass is 463 g/mol. The number of piperidine rings is 1. The Labute approximate surface area is 167 Å². The summed E-state index contributed by atoms with van der Waals surface area (Å²) in [5.41, 5.74) is 0. The van der Waals surface area contributed by atoms with E-state index >= 15 is 0 Å². The Morgan fingerprint density at radius 1 is 1.32 bits per heavy atom. The number of nitrogens with zero attached hydrogens (tertiary/aromatic N) is 2. The van der Waals surface area contributed by atoms with E-state index in [2.05, 4.69) is 22.1 Å². The zero-order valence-electron chi connectivity index (χ0n) is 15.1. The molecule has 1 fully saturated rings. The molecule has 1 aromatic carbocycles. The first kappa shape index (κ1) is 21.8. The number of nitrogens with one attached hydrogen (secondary N) is 1. The second-order valence-electron chi connectivity index (χ2n) is 5.83. The Morgan fingerprint density at radius 3 is 2.72 bits per heavy atom. The predicted molar refractivity (Wildman–Crippen MR) is 111 cm³/mol. The molecule has 0 bridgehead atoms. The zero-order valence-corrected chi connectivity index (χ0v) is 17.4. The third-order valence-corrected chi connectivity index (χ3v) is 3.97. The van der Waals surface area contributed by atoms with Crippen molar-refractivity contribution in [2.24, 2.45) is 4.99 Å². The van der Waals surface area contributed by atoms with Gasteiger partial charge in [-0.2, -0.15) is 0 Å². The standard InChI is InChI=1S/C18H29N3O3.HI/c1-3-19-18(21-11-8-15(22)9-12-21)20-10-5-13-24-17-7-4-6-16(14-17)23-2;/h4,6-7,14-15,22H,3,5,8-13H2,1-2H3,(H,19,20);1H. The zero-order chi connectivity index (χ0) is 17.2. The van der Waals surface area contributed by atoms with Crippen LogP contribution in [0.15, 0.2) is 29.3 Å². The van der Waals surface area contributed by atoms with Gasteiger partial charge in [0.15, 0.2) is 5.96 Å². The average molecular weight is 463 g/mol. The van der Waals surface area contributed by atoms with Crippen LogP contribution < -0.4 is 14.8 Å². The molecule has 1 aliphatic heterocycles. The molecule has 2 N–H and O–H groups in total. The summed E-state index contributed by atoms with van der Waals surface area (Å²) in [5.74, 6) is 2.55. The van der Waals surface area contributed by atoms with Crippen LogP contribution in [0.4, 0.5) is 0 Å². The highest BCUT2D eigenvalue weighted by molar-refractivity contribution is 14.0. The van der Waals surface area contributed by atoms with Crippen molar-refractivity contribution in [2.45, 2.75) is 32.3 Å². The lowest BCUT2D eigenvalue weighted by atomic mass is 10.1. The van der Waals surface area contributed by atoms with Crippen LogP contribution in [0, 0.1) is 0 Å². The lowest BCUT2D eigenvalue weighted by molar-refractivity contribution is 0.108. The van der Waals surface area contributed by atoms with Gasteiger partial charge in [0, 0.05) is 38.7 Å². The van der Waals surface area contributed by atoms with E-state index in [-0.39, 0.29) is 30.1 Å². The molecule has 0 unspecified atom stereocenters. The number of benzene rings is 1. The summed E-state index contributed by atoms with van der Waals surface area (Å²) < 4.78 is 10.9. The number of aliphatic hydroxyl groups is 1. The number of likely N-dealkylation sites (tertiary alicyclic amines) is 1. The van der Waals surface area contributed by atoms with Gasteiger partial charge in [0.05, 0.1) is 19.8 Å². The minimum Gasteiger partial charge on any atom is -0.497 e. The van der Waals surface area contributed by atoms with Gasteiger partial charge in [0.25, 0.3) is 0 Å². The van der Waals surface area contributed by atoms with Crippen molar-refractivity contribution in [1.29, 1.82) is 0 Å². The van der Waals surface area contributed by atoms with Gasteiger partial charge in [-0.15, -0.1) is 24.0 Å². The molecular formula is C18H30IN3O3. The van der Waals surface area contributed by atoms with Crippen molar-refractivity contribution in [3.63, 3.8) is 0 Å². The number of ether oxygens (including phenoxy) is 2. The molecule has 142 valence electrons. The summed E-state index contributed by atoms with van der Waals surface area (Å²) in [6.07, 6.45) is 2.30. The number of rotatable bonds is 7. The van der Waals surface area contributed by atoms with Gasteiger partial charge < -0.3 is 24.8 Å². The third kappa shape index (κ3) is 7.68. The minimum absolute atomic E-state index is 0. The number of halogens is 1. The first-order valence-corrected chi connectivity index (χ1v) is 8.71. The van der Waals surface area contributed by atoms with Crippen LogP contribution in [-0.2, 0) is 0 Å². The number of aliphatic imine (C=N–C) groups is 1. The third-order valence-electron chi connectivity index (χ3n) is 3.97. The van der Waals surface area contributed by atoms with Crippen LogP contribution in [-0.4, -0.2) is 62.0 Å². The van der Waals surface area contributed by atoms with E-state index in [0.29, 0.717) is 13.2 Å². The molecule has 1 heterocycles. The fraction of sp³-hybridized carbons (Fsp3) is 0.611. The second kappa shape index (κ2) is 12.2. The number of methoxy groups -OCH3 is 1. The Balaban J connectivity index is 0.00000312. The fourth-order valence-corrected chi connectivity index (χ4v) is 2.63. The summed E-state index contributed by atoms with van der Waals surface area (Å²) in [6, 6.07) is 7.62. The van der Waals surface area contributed by atoms with E-state index in [4.69, 9.17) is 9.47 Å². The van der Waals surface area contributed by atoms with Crippen LogP contribution in [0.1, 0.15) is 26.2 Å². The van der Waals surface area contributed by atoms with Gasteiger partial charge in [-0.1, -0.05) is 6.07 Å². The van der Waals surface area contributed by atoms with Crippen molar-refractivity contribution in [1.82, 2.24) is 10.2 Å². The van der Waals surface area contributed by atoms with Gasteiger partial charge in [-0.3, -0.25) is 4.99 Å². The normalized spacial score (nSPS) is 15.5. The van der Waals surface area contributed by atoms with Crippen molar-refractivity contribution < 1.29 is 14.6 Å². The van der Waals surface area contributed by atoms with Crippen LogP contribution >= 0.6 is 24.0 Å². The highest BCUT2D eigenvalue weighted by Gasteiger charge is 2.19. The summed E-state index contributed by atoms with van der Waals surface area (Å²) in [5, 5.41) is 12.9. The largest absolute Gasteiger partial charge is 0.497 e. The summed E-state index contributed by atoms with van der Waals surface area (Å²) in [7, 11) is 1.65. The second-order valence-corrected chi connectivity index (χ2v) is 5.83. The predicted octanol–water partition coefficient (Wildman–Crippen LogP) is 2.50. The van der Waals surface area contributed by atoms with E-state index in [1.54, 1.807) is 7.11 Å². The van der Waals surface area contributed by atoms with Gasteiger partial charge >= 0.3 is 0 Å². The first-order chi connectivity index (χ1) is 11.7. The van der Waals surface area contributed by atoms with Gasteiger partial charge in [0.1, 0.15) is 11.5 Å². The Bertz CT molecular complexity index is 520. The molecule has 0 spiro atoms. The highest BCUT2D eigenvalue weighted by atomic mass is 127. The molecule has 1 saturated heterocycles. The Kier molecular flexibility index (Phi) is 10.6. The molecule has 0 saturated carbocycles. The van der Waals surface area contributed by atoms with Gasteiger partial charge in [-0.25, -0.2) is 0 Å². The van der Waals surface area contributed by atoms with Gasteiger partial charge in [0.2, 0.25) is 0 Å². The summed E-state index contributed by atoms with van der Waals surface area (Å²) in [4.78, 5) is 6.89. The molecule has 0 radical (unpaired) electrons. The summed E-state index contributed by atoms with van der Waals surface area (Å²) in [6.45, 7) is 5.96. The Morgan fingerprint density at radius 2 is 2.04 bits per heavy atom. The van der Waals surface area contributed by atoms with Crippen molar-refractivity contribution in [2.75, 3.05) is 39.9 Å². The quantitative estimate of drug-likeness (QED) is 0.282. The minimum atomic E-state index is -0.166. The number of hydrogen-bond acceptors (Lipinski definition) is 4. The Hall–Kier alpha value is -1.22. The maximum atomic E-state index is 9.62. The highest BCUT2D eigenvalue weighted by Crippen LogP contribution is 2.18. The lowest BCUT2D eigenvalue weighted by Crippen LogP contribution is -2.46. The van der Waals surface area contributed by atoms with E-state index in [9.17, 15) is 5.11 Å². The molecular weight excluding hydrogens is 433 g/mol. The van der Waals surface area contributed by atoms with Gasteiger partial charge in [-0.05, 0) is 31.9 Å². The van der Waals surface area contributed by atoms with Crippen LogP contribution in [0.25, 0.3) is 0 Å². The molecule has 0 amide bonds. The molecule has 1 aliphatic rings. The van der Waals surface area contributed by atoms with E-state index in [1.807, 2.05) is 24.3 Å². The SMILES string of the molecule is CCNC(=NCCCOc1cccc(OC)c1)N1CCC(O)CC1.I. The molecule has 6 nitrogen and oxygen atoms in total. The van der Waals surface area contributed by atoms with Crippen molar-refractivity contribution in [3.8, 4) is 11.5 Å². The number of aliphatic hydroxyl groups excluding tert-OH is 1. The van der Waals surface area contributed by atoms with Crippen LogP contribution in [0.3, 0.4) is 0 Å². The first-order valence-electron chi connectivity index (χ1n) is 8.71. The van der Waals surface area contributed by atoms with Crippen LogP contribution in [0.5, 0.6) is 11.5 Å². The number of hydrogen-bond donors (Lipinski definition) is 2. The van der Waals surface area contributed by atoms with Crippen molar-refractivity contribution >= 4 is 29.9 Å². The average Bonchev–Trinajstić information content (AvgIpc) is 2.61. The number of guanidine groups is 1. The van der Waals surface area contributed by atoms with E-state index in [1.165, 1.54) is 0 Å². The molecule has 1 aromatic rings.